The molecule has 0 radical (unpaired) electrons. The van der Waals surface area contributed by atoms with Crippen molar-refractivity contribution in [2.24, 2.45) is 0 Å². The maximum atomic E-state index is 10.6. The molecule has 1 atom stereocenters. The van der Waals surface area contributed by atoms with E-state index in [1.807, 2.05) is 36.7 Å². The Morgan fingerprint density at radius 1 is 1.25 bits per heavy atom. The number of carboxylic acid groups (broad SMARTS) is 1. The first-order valence-corrected chi connectivity index (χ1v) is 10.7. The Kier molecular flexibility index (Phi) is 8.24. The number of aromatic amines is 1. The molecular weight excluding hydrogens is 547 g/mol. The molecule has 3 aromatic heterocycles. The van der Waals surface area contributed by atoms with Crippen molar-refractivity contribution < 1.29 is 27.8 Å². The fraction of sp³-hybridized carbons (Fsp3) is 0.182. The van der Waals surface area contributed by atoms with Gasteiger partial charge in [0.2, 0.25) is 0 Å². The lowest BCUT2D eigenvalue weighted by Gasteiger charge is -2.19. The topological polar surface area (TPSA) is 154 Å². The van der Waals surface area contributed by atoms with Gasteiger partial charge in [0.05, 0.1) is 30.4 Å². The van der Waals surface area contributed by atoms with Crippen molar-refractivity contribution in [3.8, 4) is 29.1 Å². The zero-order valence-electron chi connectivity index (χ0n) is 18.1. The summed E-state index contributed by atoms with van der Waals surface area (Å²) < 4.78 is 39.9. The lowest BCUT2D eigenvalue weighted by molar-refractivity contribution is -0.192. The number of nitriles is 2. The second kappa shape index (κ2) is 11.3. The van der Waals surface area contributed by atoms with E-state index >= 15 is 0 Å². The summed E-state index contributed by atoms with van der Waals surface area (Å²) in [6, 6.07) is 11.2. The molecule has 0 aliphatic heterocycles. The van der Waals surface area contributed by atoms with Crippen molar-refractivity contribution in [1.29, 1.82) is 10.5 Å². The van der Waals surface area contributed by atoms with Gasteiger partial charge in [-0.2, -0.15) is 28.8 Å². The standard InChI is InChI=1S/C20H14BrN7O.C2HF3O2/c21-14-1-2-18(29-8-6-23)16(9-14)17(3-5-22)28-11-13(10-27-28)19-15-4-7-24-20(15)26-12-25-19;3-2(4,5)1(6)7/h1-2,4,7,9-12,17H,3,8H2,(H,24,25,26);(H,6,7). The van der Waals surface area contributed by atoms with E-state index < -0.39 is 12.1 Å². The van der Waals surface area contributed by atoms with Crippen LogP contribution in [0.15, 0.2) is 53.7 Å². The molecule has 0 saturated carbocycles. The first kappa shape index (κ1) is 26.2. The van der Waals surface area contributed by atoms with E-state index in [1.54, 1.807) is 16.9 Å². The van der Waals surface area contributed by atoms with E-state index in [1.165, 1.54) is 6.33 Å². The number of aliphatic carboxylic acids is 1. The molecule has 2 N–H and O–H groups in total. The molecule has 14 heteroatoms. The van der Waals surface area contributed by atoms with Gasteiger partial charge < -0.3 is 14.8 Å². The van der Waals surface area contributed by atoms with Crippen LogP contribution in [0.4, 0.5) is 13.2 Å². The average Bonchev–Trinajstić information content (AvgIpc) is 3.51. The third-order valence-electron chi connectivity index (χ3n) is 4.70. The lowest BCUT2D eigenvalue weighted by Crippen LogP contribution is -2.21. The maximum Gasteiger partial charge on any atom is 0.490 e. The number of rotatable bonds is 6. The molecule has 36 heavy (non-hydrogen) atoms. The van der Waals surface area contributed by atoms with Crippen molar-refractivity contribution in [3.05, 3.63) is 59.2 Å². The molecule has 0 bridgehead atoms. The van der Waals surface area contributed by atoms with Crippen LogP contribution in [0.1, 0.15) is 18.0 Å². The van der Waals surface area contributed by atoms with Crippen LogP contribution in [0.2, 0.25) is 0 Å². The van der Waals surface area contributed by atoms with Crippen LogP contribution in [-0.4, -0.2) is 48.6 Å². The van der Waals surface area contributed by atoms with Crippen LogP contribution in [-0.2, 0) is 4.79 Å². The predicted octanol–water partition coefficient (Wildman–Crippen LogP) is 4.62. The molecule has 4 aromatic rings. The monoisotopic (exact) mass is 561 g/mol. The number of fused-ring (bicyclic) bond motifs is 1. The highest BCUT2D eigenvalue weighted by Gasteiger charge is 2.38. The number of benzene rings is 1. The quantitative estimate of drug-likeness (QED) is 0.345. The molecule has 0 aliphatic carbocycles. The van der Waals surface area contributed by atoms with Crippen LogP contribution < -0.4 is 4.74 Å². The molecule has 0 saturated heterocycles. The zero-order valence-corrected chi connectivity index (χ0v) is 19.7. The van der Waals surface area contributed by atoms with Gasteiger partial charge in [0, 0.05) is 33.4 Å². The summed E-state index contributed by atoms with van der Waals surface area (Å²) in [5, 5.41) is 30.8. The van der Waals surface area contributed by atoms with Crippen molar-refractivity contribution in [3.63, 3.8) is 0 Å². The number of carbonyl (C=O) groups is 1. The minimum Gasteiger partial charge on any atom is -0.478 e. The Bertz CT molecular complexity index is 1450. The van der Waals surface area contributed by atoms with E-state index in [0.717, 1.165) is 32.3 Å². The Morgan fingerprint density at radius 3 is 2.67 bits per heavy atom. The van der Waals surface area contributed by atoms with Crippen molar-refractivity contribution in [1.82, 2.24) is 24.7 Å². The number of halogens is 4. The van der Waals surface area contributed by atoms with Gasteiger partial charge in [0.15, 0.2) is 6.61 Å². The summed E-state index contributed by atoms with van der Waals surface area (Å²) in [4.78, 5) is 20.6. The fourth-order valence-electron chi connectivity index (χ4n) is 3.19. The lowest BCUT2D eigenvalue weighted by atomic mass is 10.0. The van der Waals surface area contributed by atoms with Crippen LogP contribution in [0.5, 0.6) is 5.75 Å². The number of hydrogen-bond donors (Lipinski definition) is 2. The van der Waals surface area contributed by atoms with Gasteiger partial charge in [-0.1, -0.05) is 15.9 Å². The highest BCUT2D eigenvalue weighted by Crippen LogP contribution is 2.34. The maximum absolute atomic E-state index is 10.6. The minimum atomic E-state index is -5.08. The van der Waals surface area contributed by atoms with Gasteiger partial charge in [-0.05, 0) is 24.3 Å². The van der Waals surface area contributed by atoms with Gasteiger partial charge in [-0.3, -0.25) is 4.68 Å². The number of aromatic nitrogens is 5. The minimum absolute atomic E-state index is 0.0787. The molecular formula is C22H15BrF3N7O3. The first-order chi connectivity index (χ1) is 17.2. The van der Waals surface area contributed by atoms with Gasteiger partial charge >= 0.3 is 12.1 Å². The first-order valence-electron chi connectivity index (χ1n) is 9.94. The molecule has 0 aliphatic rings. The van der Waals surface area contributed by atoms with Gasteiger partial charge in [0.25, 0.3) is 0 Å². The number of alkyl halides is 3. The smallest absolute Gasteiger partial charge is 0.478 e. The molecule has 0 fully saturated rings. The van der Waals surface area contributed by atoms with E-state index in [0.29, 0.717) is 5.75 Å². The largest absolute Gasteiger partial charge is 0.490 e. The Hall–Kier alpha value is -4.43. The molecule has 4 rings (SSSR count). The van der Waals surface area contributed by atoms with Gasteiger partial charge in [-0.25, -0.2) is 14.8 Å². The second-order valence-electron chi connectivity index (χ2n) is 6.98. The highest BCUT2D eigenvalue weighted by molar-refractivity contribution is 9.10. The summed E-state index contributed by atoms with van der Waals surface area (Å²) in [7, 11) is 0. The van der Waals surface area contributed by atoms with E-state index in [-0.39, 0.29) is 19.1 Å². The van der Waals surface area contributed by atoms with E-state index in [2.05, 4.69) is 42.0 Å². The molecule has 10 nitrogen and oxygen atoms in total. The molecule has 0 amide bonds. The van der Waals surface area contributed by atoms with Crippen LogP contribution in [0, 0.1) is 22.7 Å². The van der Waals surface area contributed by atoms with Crippen molar-refractivity contribution >= 4 is 32.9 Å². The number of ether oxygens (including phenoxy) is 1. The summed E-state index contributed by atoms with van der Waals surface area (Å²) in [5.41, 5.74) is 3.08. The third kappa shape index (κ3) is 6.17. The Labute approximate surface area is 209 Å². The highest BCUT2D eigenvalue weighted by atomic mass is 79.9. The fourth-order valence-corrected chi connectivity index (χ4v) is 3.57. The Balaban J connectivity index is 0.000000454. The molecule has 1 aromatic carbocycles. The van der Waals surface area contributed by atoms with E-state index in [9.17, 15) is 18.4 Å². The van der Waals surface area contributed by atoms with Crippen LogP contribution >= 0.6 is 15.9 Å². The summed E-state index contributed by atoms with van der Waals surface area (Å²) >= 11 is 3.47. The summed E-state index contributed by atoms with van der Waals surface area (Å²) in [5.74, 6) is -2.21. The van der Waals surface area contributed by atoms with Gasteiger partial charge in [-0.15, -0.1) is 0 Å². The van der Waals surface area contributed by atoms with Crippen LogP contribution in [0.25, 0.3) is 22.3 Å². The SMILES string of the molecule is N#CCOc1ccc(Br)cc1C(CC#N)n1cc(-c2ncnc3[nH]ccc23)cn1.O=C(O)C(F)(F)F. The zero-order chi connectivity index (χ0) is 26.3. The molecule has 0 spiro atoms. The molecule has 184 valence electrons. The third-order valence-corrected chi connectivity index (χ3v) is 5.19. The van der Waals surface area contributed by atoms with Crippen molar-refractivity contribution in [2.45, 2.75) is 18.6 Å². The van der Waals surface area contributed by atoms with Crippen molar-refractivity contribution in [2.75, 3.05) is 6.61 Å². The van der Waals surface area contributed by atoms with Gasteiger partial charge in [0.1, 0.15) is 23.8 Å². The van der Waals surface area contributed by atoms with Crippen LogP contribution in [0.3, 0.4) is 0 Å². The summed E-state index contributed by atoms with van der Waals surface area (Å²) in [6.07, 6.45) is 1.98. The predicted molar refractivity (Wildman–Crippen MR) is 122 cm³/mol. The number of nitrogens with one attached hydrogen (secondary N) is 1. The second-order valence-corrected chi connectivity index (χ2v) is 7.90. The molecule has 3 heterocycles. The normalized spacial score (nSPS) is 11.6. The average molecular weight is 562 g/mol. The Morgan fingerprint density at radius 2 is 2.00 bits per heavy atom. The summed E-state index contributed by atoms with van der Waals surface area (Å²) in [6.45, 7) is -0.0787. The number of H-pyrrole nitrogens is 1. The van der Waals surface area contributed by atoms with E-state index in [4.69, 9.17) is 19.9 Å². The number of hydrogen-bond acceptors (Lipinski definition) is 7. The molecule has 1 unspecified atom stereocenters. The number of nitrogens with zero attached hydrogens (tertiary/aromatic N) is 6. The number of carboxylic acids is 1.